The van der Waals surface area contributed by atoms with Crippen LogP contribution in [0.1, 0.15) is 82.6 Å². The molecule has 6 heteroatoms. The number of benzene rings is 3. The lowest BCUT2D eigenvalue weighted by molar-refractivity contribution is 0.160. The minimum atomic E-state index is 0.571. The Morgan fingerprint density at radius 1 is 0.864 bits per heavy atom. The van der Waals surface area contributed by atoms with Crippen molar-refractivity contribution in [1.82, 2.24) is 29.7 Å². The van der Waals surface area contributed by atoms with E-state index in [9.17, 15) is 0 Å². The first-order chi connectivity index (χ1) is 21.4. The lowest BCUT2D eigenvalue weighted by Gasteiger charge is -2.31. The number of imidazole rings is 2. The predicted molar refractivity (Wildman–Crippen MR) is 185 cm³/mol. The van der Waals surface area contributed by atoms with Gasteiger partial charge in [-0.3, -0.25) is 9.80 Å². The largest absolute Gasteiger partial charge is 0.341 e. The summed E-state index contributed by atoms with van der Waals surface area (Å²) in [6, 6.07) is 16.8. The van der Waals surface area contributed by atoms with Crippen LogP contribution in [-0.4, -0.2) is 56.4 Å². The van der Waals surface area contributed by atoms with Gasteiger partial charge in [0.1, 0.15) is 11.6 Å². The Morgan fingerprint density at radius 2 is 1.68 bits per heavy atom. The molecule has 6 nitrogen and oxygen atoms in total. The predicted octanol–water partition coefficient (Wildman–Crippen LogP) is 8.75. The minimum Gasteiger partial charge on any atom is -0.341 e. The molecule has 44 heavy (non-hydrogen) atoms. The maximum atomic E-state index is 5.18. The van der Waals surface area contributed by atoms with Gasteiger partial charge in [-0.15, -0.1) is 0 Å². The molecule has 3 aromatic carbocycles. The molecule has 0 bridgehead atoms. The molecule has 232 valence electrons. The number of hydrogen-bond donors (Lipinski definition) is 2. The summed E-state index contributed by atoms with van der Waals surface area (Å²) in [5.74, 6) is 2.78. The van der Waals surface area contributed by atoms with Crippen LogP contribution in [-0.2, 0) is 25.9 Å². The van der Waals surface area contributed by atoms with Crippen molar-refractivity contribution in [1.29, 1.82) is 0 Å². The molecule has 0 spiro atoms. The van der Waals surface area contributed by atoms with Gasteiger partial charge >= 0.3 is 0 Å². The molecule has 2 atom stereocenters. The quantitative estimate of drug-likeness (QED) is 0.144. The van der Waals surface area contributed by atoms with Crippen LogP contribution < -0.4 is 0 Å². The summed E-state index contributed by atoms with van der Waals surface area (Å²) in [6.45, 7) is 12.0. The summed E-state index contributed by atoms with van der Waals surface area (Å²) in [4.78, 5) is 21.9. The fourth-order valence-corrected chi connectivity index (χ4v) is 7.50. The van der Waals surface area contributed by atoms with Gasteiger partial charge in [-0.2, -0.15) is 0 Å². The second kappa shape index (κ2) is 13.3. The third-order valence-electron chi connectivity index (χ3n) is 9.82. The second-order valence-electron chi connectivity index (χ2n) is 13.2. The molecule has 0 fully saturated rings. The number of nitrogens with zero attached hydrogens (tertiary/aromatic N) is 4. The number of nitrogens with one attached hydrogen (secondary N) is 2. The van der Waals surface area contributed by atoms with E-state index < -0.39 is 0 Å². The van der Waals surface area contributed by atoms with Gasteiger partial charge < -0.3 is 9.97 Å². The number of H-pyrrole nitrogens is 2. The maximum Gasteiger partial charge on any atom is 0.121 e. The molecule has 1 aliphatic rings. The van der Waals surface area contributed by atoms with E-state index in [1.807, 2.05) is 6.20 Å². The molecule has 0 amide bonds. The first kappa shape index (κ1) is 30.5. The number of unbranched alkanes of at least 4 members (excludes halogenated alkanes) is 1. The highest BCUT2D eigenvalue weighted by molar-refractivity contribution is 6.06. The van der Waals surface area contributed by atoms with Crippen LogP contribution in [0, 0.1) is 5.92 Å². The van der Waals surface area contributed by atoms with E-state index in [0.717, 1.165) is 67.3 Å². The highest BCUT2D eigenvalue weighted by atomic mass is 15.2. The van der Waals surface area contributed by atoms with E-state index in [0.29, 0.717) is 12.0 Å². The second-order valence-corrected chi connectivity index (χ2v) is 13.2. The van der Waals surface area contributed by atoms with Crippen LogP contribution in [0.5, 0.6) is 0 Å². The van der Waals surface area contributed by atoms with Crippen molar-refractivity contribution in [2.75, 3.05) is 20.6 Å². The van der Waals surface area contributed by atoms with Crippen LogP contribution in [0.25, 0.3) is 44.2 Å². The number of aryl methyl sites for hydroxylation is 2. The third-order valence-corrected chi connectivity index (χ3v) is 9.82. The molecular formula is C38H50N6. The Morgan fingerprint density at radius 3 is 2.45 bits per heavy atom. The first-order valence-electron chi connectivity index (χ1n) is 16.9. The van der Waals surface area contributed by atoms with E-state index in [-0.39, 0.29) is 0 Å². The first-order valence-corrected chi connectivity index (χ1v) is 16.9. The van der Waals surface area contributed by atoms with Crippen molar-refractivity contribution >= 4 is 21.8 Å². The molecule has 0 aliphatic heterocycles. The minimum absolute atomic E-state index is 0.571. The Labute approximate surface area is 263 Å². The molecule has 0 saturated heterocycles. The van der Waals surface area contributed by atoms with Crippen molar-refractivity contribution in [3.05, 3.63) is 71.4 Å². The number of hydrogen-bond acceptors (Lipinski definition) is 4. The van der Waals surface area contributed by atoms with E-state index >= 15 is 0 Å². The summed E-state index contributed by atoms with van der Waals surface area (Å²) in [5, 5.41) is 2.52. The summed E-state index contributed by atoms with van der Waals surface area (Å²) < 4.78 is 0. The Hall–Kier alpha value is -3.48. The molecule has 0 radical (unpaired) electrons. The molecule has 1 unspecified atom stereocenters. The number of aromatic nitrogens is 4. The van der Waals surface area contributed by atoms with Crippen molar-refractivity contribution in [2.45, 2.75) is 91.8 Å². The Bertz CT molecular complexity index is 1730. The summed E-state index contributed by atoms with van der Waals surface area (Å²) in [7, 11) is 4.41. The van der Waals surface area contributed by atoms with Gasteiger partial charge in [-0.25, -0.2) is 9.97 Å². The third kappa shape index (κ3) is 6.20. The molecular weight excluding hydrogens is 540 g/mol. The van der Waals surface area contributed by atoms with Gasteiger partial charge in [0.2, 0.25) is 0 Å². The SMILES string of the molecule is CCCCC(C)[C@@H](CC)N(C)Cc1nc2c(ccc3cc4c(cc32)CCc2cc(-c3cnc(CN(C)CCC)[nH]3)ccc2-4)[nH]1. The molecule has 0 saturated carbocycles. The molecule has 2 heterocycles. The van der Waals surface area contributed by atoms with Crippen LogP contribution in [0.3, 0.4) is 0 Å². The van der Waals surface area contributed by atoms with E-state index in [2.05, 4.69) is 109 Å². The number of rotatable bonds is 13. The lowest BCUT2D eigenvalue weighted by Crippen LogP contribution is -2.36. The highest BCUT2D eigenvalue weighted by Crippen LogP contribution is 2.39. The summed E-state index contributed by atoms with van der Waals surface area (Å²) >= 11 is 0. The summed E-state index contributed by atoms with van der Waals surface area (Å²) in [5.41, 5.74) is 10.1. The van der Waals surface area contributed by atoms with Crippen molar-refractivity contribution < 1.29 is 0 Å². The van der Waals surface area contributed by atoms with E-state index in [1.54, 1.807) is 0 Å². The van der Waals surface area contributed by atoms with Crippen molar-refractivity contribution in [3.63, 3.8) is 0 Å². The monoisotopic (exact) mass is 590 g/mol. The average Bonchev–Trinajstić information content (AvgIpc) is 3.66. The number of aromatic amines is 2. The normalized spacial score (nSPS) is 14.5. The fourth-order valence-electron chi connectivity index (χ4n) is 7.50. The highest BCUT2D eigenvalue weighted by Gasteiger charge is 2.22. The van der Waals surface area contributed by atoms with Crippen LogP contribution in [0.15, 0.2) is 48.7 Å². The fraction of sp³-hybridized carbons (Fsp3) is 0.474. The average molecular weight is 591 g/mol. The molecule has 5 aromatic rings. The van der Waals surface area contributed by atoms with Gasteiger partial charge in [-0.05, 0) is 116 Å². The van der Waals surface area contributed by atoms with E-state index in [4.69, 9.17) is 4.98 Å². The smallest absolute Gasteiger partial charge is 0.121 e. The Kier molecular flexibility index (Phi) is 9.20. The van der Waals surface area contributed by atoms with Gasteiger partial charge in [0.25, 0.3) is 0 Å². The summed E-state index contributed by atoms with van der Waals surface area (Å²) in [6.07, 6.45) is 10.2. The lowest BCUT2D eigenvalue weighted by atomic mass is 9.83. The number of fused-ring (bicyclic) bond motifs is 6. The standard InChI is InChI=1S/C38H50N6/c1-7-10-11-25(4)35(9-3)44(6)24-37-40-33-17-15-28-20-31-27(21-32(28)38(33)42-37)13-12-26-19-29(14-16-30(26)31)34-22-39-36(41-34)23-43(5)18-8-2/h14-17,19-22,25,35H,7-13,18,23-24H2,1-6H3,(H,39,41)(H,40,42)/t25?,35-/m1/s1. The van der Waals surface area contributed by atoms with Crippen LogP contribution in [0.4, 0.5) is 0 Å². The van der Waals surface area contributed by atoms with Gasteiger partial charge in [0.15, 0.2) is 0 Å². The van der Waals surface area contributed by atoms with Crippen molar-refractivity contribution in [3.8, 4) is 22.4 Å². The zero-order chi connectivity index (χ0) is 30.8. The van der Waals surface area contributed by atoms with Gasteiger partial charge in [0, 0.05) is 11.4 Å². The van der Waals surface area contributed by atoms with Crippen molar-refractivity contribution in [2.24, 2.45) is 5.92 Å². The van der Waals surface area contributed by atoms with Gasteiger partial charge in [-0.1, -0.05) is 58.7 Å². The topological polar surface area (TPSA) is 63.8 Å². The molecule has 6 rings (SSSR count). The molecule has 1 aliphatic carbocycles. The zero-order valence-corrected chi connectivity index (χ0v) is 27.6. The van der Waals surface area contributed by atoms with Crippen LogP contribution in [0.2, 0.25) is 0 Å². The van der Waals surface area contributed by atoms with Gasteiger partial charge in [0.05, 0.1) is 36.0 Å². The molecule has 2 aromatic heterocycles. The zero-order valence-electron chi connectivity index (χ0n) is 27.6. The van der Waals surface area contributed by atoms with Crippen LogP contribution >= 0.6 is 0 Å². The van der Waals surface area contributed by atoms with E-state index in [1.165, 1.54) is 64.3 Å². The maximum absolute atomic E-state index is 5.18. The molecule has 2 N–H and O–H groups in total. The Balaban J connectivity index is 1.25.